The number of rotatable bonds is 5. The molecule has 1 aromatic rings. The van der Waals surface area contributed by atoms with Gasteiger partial charge in [-0.25, -0.2) is 0 Å². The molecule has 4 nitrogen and oxygen atoms in total. The van der Waals surface area contributed by atoms with Gasteiger partial charge in [0, 0.05) is 15.5 Å². The Bertz CT molecular complexity index is 530. The molecule has 0 bridgehead atoms. The van der Waals surface area contributed by atoms with Crippen molar-refractivity contribution in [2.45, 2.75) is 31.2 Å². The zero-order chi connectivity index (χ0) is 16.0. The Hall–Kier alpha value is -0.910. The predicted octanol–water partition coefficient (Wildman–Crippen LogP) is 3.12. The molecule has 1 aromatic carbocycles. The van der Waals surface area contributed by atoms with E-state index in [9.17, 15) is 9.59 Å². The number of hydrogen-bond acceptors (Lipinski definition) is 3. The Labute approximate surface area is 139 Å². The van der Waals surface area contributed by atoms with E-state index in [1.807, 2.05) is 20.8 Å². The summed E-state index contributed by atoms with van der Waals surface area (Å²) >= 11 is 13.1. The van der Waals surface area contributed by atoms with E-state index >= 15 is 0 Å². The van der Waals surface area contributed by atoms with Crippen LogP contribution in [0.1, 0.15) is 20.8 Å². The van der Waals surface area contributed by atoms with Crippen LogP contribution >= 0.6 is 35.0 Å². The van der Waals surface area contributed by atoms with Crippen molar-refractivity contribution < 1.29 is 9.59 Å². The van der Waals surface area contributed by atoms with Gasteiger partial charge in [-0.2, -0.15) is 0 Å². The molecule has 0 aromatic heterocycles. The molecule has 0 saturated heterocycles. The van der Waals surface area contributed by atoms with Crippen LogP contribution in [0, 0.1) is 0 Å². The summed E-state index contributed by atoms with van der Waals surface area (Å²) in [5, 5.41) is 6.43. The maximum absolute atomic E-state index is 11.7. The lowest BCUT2D eigenvalue weighted by atomic mass is 10.1. The van der Waals surface area contributed by atoms with Gasteiger partial charge in [0.05, 0.1) is 17.3 Å². The number of thioether (sulfide) groups is 1. The van der Waals surface area contributed by atoms with Gasteiger partial charge in [-0.3, -0.25) is 9.59 Å². The van der Waals surface area contributed by atoms with E-state index in [0.717, 1.165) is 4.90 Å². The average Bonchev–Trinajstić information content (AvgIpc) is 2.35. The molecule has 1 rings (SSSR count). The maximum Gasteiger partial charge on any atom is 0.239 e. The number of amides is 2. The molecular formula is C14H18Cl2N2O2S. The van der Waals surface area contributed by atoms with Crippen molar-refractivity contribution in [1.82, 2.24) is 10.6 Å². The highest BCUT2D eigenvalue weighted by molar-refractivity contribution is 8.00. The molecule has 21 heavy (non-hydrogen) atoms. The summed E-state index contributed by atoms with van der Waals surface area (Å²) in [6, 6.07) is 5.07. The summed E-state index contributed by atoms with van der Waals surface area (Å²) in [6.07, 6.45) is 0. The Morgan fingerprint density at radius 2 is 1.86 bits per heavy atom. The van der Waals surface area contributed by atoms with Gasteiger partial charge in [-0.05, 0) is 39.0 Å². The molecule has 116 valence electrons. The van der Waals surface area contributed by atoms with Crippen LogP contribution in [-0.4, -0.2) is 29.7 Å². The van der Waals surface area contributed by atoms with Gasteiger partial charge >= 0.3 is 0 Å². The predicted molar refractivity (Wildman–Crippen MR) is 88.1 cm³/mol. The van der Waals surface area contributed by atoms with Gasteiger partial charge in [0.1, 0.15) is 0 Å². The molecule has 0 saturated carbocycles. The topological polar surface area (TPSA) is 58.2 Å². The fourth-order valence-electron chi connectivity index (χ4n) is 1.42. The first kappa shape index (κ1) is 18.1. The zero-order valence-electron chi connectivity index (χ0n) is 12.1. The maximum atomic E-state index is 11.7. The van der Waals surface area contributed by atoms with E-state index < -0.39 is 0 Å². The highest BCUT2D eigenvalue weighted by Crippen LogP contribution is 2.29. The minimum absolute atomic E-state index is 0.0417. The first-order chi connectivity index (χ1) is 9.67. The molecule has 0 unspecified atom stereocenters. The van der Waals surface area contributed by atoms with Crippen LogP contribution in [0.25, 0.3) is 0 Å². The lowest BCUT2D eigenvalue weighted by molar-refractivity contribution is -0.125. The highest BCUT2D eigenvalue weighted by Gasteiger charge is 2.14. The Morgan fingerprint density at radius 3 is 2.48 bits per heavy atom. The molecule has 0 atom stereocenters. The standard InChI is InChI=1S/C14H18Cl2N2O2S/c1-14(2,3)18-12(19)7-17-13(20)8-21-11-6-9(15)4-5-10(11)16/h4-6H,7-8H2,1-3H3,(H,17,20)(H,18,19). The van der Waals surface area contributed by atoms with Gasteiger partial charge in [0.15, 0.2) is 0 Å². The second-order valence-corrected chi connectivity index (χ2v) is 7.30. The zero-order valence-corrected chi connectivity index (χ0v) is 14.5. The number of carbonyl (C=O) groups excluding carboxylic acids is 2. The van der Waals surface area contributed by atoms with Gasteiger partial charge in [-0.15, -0.1) is 11.8 Å². The molecule has 0 spiro atoms. The van der Waals surface area contributed by atoms with E-state index in [4.69, 9.17) is 23.2 Å². The quantitative estimate of drug-likeness (QED) is 0.803. The molecule has 2 amide bonds. The van der Waals surface area contributed by atoms with Crippen LogP contribution in [-0.2, 0) is 9.59 Å². The van der Waals surface area contributed by atoms with Crippen LogP contribution in [0.4, 0.5) is 0 Å². The number of benzene rings is 1. The molecule has 0 radical (unpaired) electrons. The van der Waals surface area contributed by atoms with Crippen molar-refractivity contribution in [3.63, 3.8) is 0 Å². The van der Waals surface area contributed by atoms with E-state index in [0.29, 0.717) is 10.0 Å². The first-order valence-electron chi connectivity index (χ1n) is 6.33. The normalized spacial score (nSPS) is 11.1. The smallest absolute Gasteiger partial charge is 0.239 e. The number of hydrogen-bond donors (Lipinski definition) is 2. The SMILES string of the molecule is CC(C)(C)NC(=O)CNC(=O)CSc1cc(Cl)ccc1Cl. The Kier molecular flexibility index (Phi) is 6.84. The summed E-state index contributed by atoms with van der Waals surface area (Å²) in [7, 11) is 0. The molecule has 0 aliphatic heterocycles. The van der Waals surface area contributed by atoms with Crippen LogP contribution in [0.15, 0.2) is 23.1 Å². The molecule has 0 heterocycles. The van der Waals surface area contributed by atoms with Gasteiger partial charge < -0.3 is 10.6 Å². The minimum atomic E-state index is -0.315. The Morgan fingerprint density at radius 1 is 1.19 bits per heavy atom. The monoisotopic (exact) mass is 348 g/mol. The number of carbonyl (C=O) groups is 2. The second kappa shape index (κ2) is 7.92. The fourth-order valence-corrected chi connectivity index (χ4v) is 2.75. The Balaban J connectivity index is 2.38. The van der Waals surface area contributed by atoms with Crippen molar-refractivity contribution in [2.24, 2.45) is 0 Å². The third-order valence-electron chi connectivity index (χ3n) is 2.21. The summed E-state index contributed by atoms with van der Waals surface area (Å²) in [6.45, 7) is 5.59. The van der Waals surface area contributed by atoms with Gasteiger partial charge in [-0.1, -0.05) is 23.2 Å². The molecule has 0 fully saturated rings. The van der Waals surface area contributed by atoms with Gasteiger partial charge in [0.25, 0.3) is 0 Å². The van der Waals surface area contributed by atoms with Crippen molar-refractivity contribution in [1.29, 1.82) is 0 Å². The highest BCUT2D eigenvalue weighted by atomic mass is 35.5. The lowest BCUT2D eigenvalue weighted by Gasteiger charge is -2.20. The third-order valence-corrected chi connectivity index (χ3v) is 3.94. The van der Waals surface area contributed by atoms with E-state index in [1.165, 1.54) is 11.8 Å². The van der Waals surface area contributed by atoms with E-state index in [2.05, 4.69) is 10.6 Å². The van der Waals surface area contributed by atoms with Crippen molar-refractivity contribution in [2.75, 3.05) is 12.3 Å². The van der Waals surface area contributed by atoms with Crippen molar-refractivity contribution in [3.8, 4) is 0 Å². The fraction of sp³-hybridized carbons (Fsp3) is 0.429. The summed E-state index contributed by atoms with van der Waals surface area (Å²) in [5.74, 6) is -0.287. The van der Waals surface area contributed by atoms with Crippen LogP contribution in [0.3, 0.4) is 0 Å². The first-order valence-corrected chi connectivity index (χ1v) is 8.07. The van der Waals surface area contributed by atoms with Crippen LogP contribution in [0.5, 0.6) is 0 Å². The van der Waals surface area contributed by atoms with E-state index in [1.54, 1.807) is 18.2 Å². The van der Waals surface area contributed by atoms with Crippen LogP contribution in [0.2, 0.25) is 10.0 Å². The molecular weight excluding hydrogens is 331 g/mol. The third kappa shape index (κ3) is 7.60. The minimum Gasteiger partial charge on any atom is -0.350 e. The van der Waals surface area contributed by atoms with Gasteiger partial charge in [0.2, 0.25) is 11.8 Å². The van der Waals surface area contributed by atoms with Crippen molar-refractivity contribution in [3.05, 3.63) is 28.2 Å². The largest absolute Gasteiger partial charge is 0.350 e. The summed E-state index contributed by atoms with van der Waals surface area (Å²) in [5.41, 5.74) is -0.315. The number of nitrogens with one attached hydrogen (secondary N) is 2. The summed E-state index contributed by atoms with van der Waals surface area (Å²) < 4.78 is 0. The lowest BCUT2D eigenvalue weighted by Crippen LogP contribution is -2.46. The summed E-state index contributed by atoms with van der Waals surface area (Å²) in [4.78, 5) is 24.0. The molecule has 2 N–H and O–H groups in total. The molecule has 0 aliphatic carbocycles. The van der Waals surface area contributed by atoms with Crippen molar-refractivity contribution >= 4 is 46.8 Å². The molecule has 0 aliphatic rings. The average molecular weight is 349 g/mol. The molecule has 7 heteroatoms. The number of halogens is 2. The van der Waals surface area contributed by atoms with E-state index in [-0.39, 0.29) is 29.7 Å². The van der Waals surface area contributed by atoms with Crippen LogP contribution < -0.4 is 10.6 Å². The second-order valence-electron chi connectivity index (χ2n) is 5.44.